The molecule has 0 amide bonds. The van der Waals surface area contributed by atoms with E-state index in [1.54, 1.807) is 0 Å². The van der Waals surface area contributed by atoms with Crippen LogP contribution in [0.3, 0.4) is 0 Å². The minimum atomic E-state index is -3.65. The molecule has 0 atom stereocenters. The molecule has 0 aromatic rings. The van der Waals surface area contributed by atoms with Crippen molar-refractivity contribution < 1.29 is 52.2 Å². The van der Waals surface area contributed by atoms with Crippen LogP contribution in [0.5, 0.6) is 0 Å². The van der Waals surface area contributed by atoms with E-state index in [4.69, 9.17) is 26.6 Å². The number of rotatable bonds is 0. The predicted molar refractivity (Wildman–Crippen MR) is 0 cm³/mol. The molecule has 52 valence electrons. The van der Waals surface area contributed by atoms with Crippen LogP contribution in [0.15, 0.2) is 0 Å². The number of hydrogen-bond acceptors (Lipinski definition) is 6. The van der Waals surface area contributed by atoms with Crippen LogP contribution in [0, 0.1) is 25.6 Å². The van der Waals surface area contributed by atoms with Gasteiger partial charge in [0.2, 0.25) is 14.8 Å². The van der Waals surface area contributed by atoms with Gasteiger partial charge in [-0.1, -0.05) is 0 Å². The second-order valence-electron chi connectivity index (χ2n) is 0.378. The zero-order valence-corrected chi connectivity index (χ0v) is 5.55. The Labute approximate surface area is 52.8 Å². The molecule has 0 spiro atoms. The highest BCUT2D eigenvalue weighted by molar-refractivity contribution is 1.74. The molecular weight excluding hydrogens is 211 g/mol. The van der Waals surface area contributed by atoms with Gasteiger partial charge in [0, 0.05) is 0 Å². The third-order valence-corrected chi connectivity index (χ3v) is 0. The van der Waals surface area contributed by atoms with Crippen molar-refractivity contribution in [3.8, 4) is 0 Å². The van der Waals surface area contributed by atoms with Crippen LogP contribution >= 0.6 is 0 Å². The van der Waals surface area contributed by atoms with E-state index >= 15 is 0 Å². The summed E-state index contributed by atoms with van der Waals surface area (Å²) in [6, 6.07) is 0. The molecule has 0 heterocycles. The first kappa shape index (κ1) is 11.3. The summed E-state index contributed by atoms with van der Waals surface area (Å²) in [4.78, 5) is 0. The summed E-state index contributed by atoms with van der Waals surface area (Å²) in [5, 5.41) is 0. The Hall–Kier alpha value is 0.530. The smallest absolute Gasteiger partial charge is 0.216 e. The molecule has 0 radical (unpaired) electrons. The largest absolute Gasteiger partial charge is 0.405 e. The quantitative estimate of drug-likeness (QED) is 0.390. The van der Waals surface area contributed by atoms with Crippen molar-refractivity contribution in [2.75, 3.05) is 0 Å². The Bertz CT molecular complexity index is 24.0. The van der Waals surface area contributed by atoms with Gasteiger partial charge in [0.15, 0.2) is 0 Å². The third kappa shape index (κ3) is 711. The minimum absolute atomic E-state index is 2.85. The standard InChI is InChI=1S/BrO3.ClO3/c2*2-1(3)4/q2*-1. The topological polar surface area (TPSA) is 138 Å². The van der Waals surface area contributed by atoms with Gasteiger partial charge in [-0.2, -0.15) is 0 Å². The van der Waals surface area contributed by atoms with E-state index in [-0.39, 0.29) is 0 Å². The van der Waals surface area contributed by atoms with Crippen molar-refractivity contribution in [1.29, 1.82) is 0 Å². The molecule has 0 aliphatic carbocycles. The van der Waals surface area contributed by atoms with Crippen molar-refractivity contribution >= 4 is 0 Å². The van der Waals surface area contributed by atoms with E-state index in [0.29, 0.717) is 0 Å². The Kier molecular flexibility index (Phi) is 10.7. The van der Waals surface area contributed by atoms with Gasteiger partial charge in [-0.15, -0.1) is 0 Å². The van der Waals surface area contributed by atoms with Gasteiger partial charge in [-0.25, -0.2) is 0 Å². The Morgan fingerprint density at radius 2 is 0.875 bits per heavy atom. The molecule has 0 aliphatic heterocycles. The molecule has 8 heteroatoms. The molecule has 0 aliphatic rings. The molecule has 6 nitrogen and oxygen atoms in total. The molecule has 0 saturated carbocycles. The second kappa shape index (κ2) is 7.53. The first-order valence-electron chi connectivity index (χ1n) is 0.926. The average molecular weight is 211 g/mol. The lowest BCUT2D eigenvalue weighted by Crippen LogP contribution is -2.43. The number of hydrogen-bond donors (Lipinski definition) is 0. The van der Waals surface area contributed by atoms with Crippen LogP contribution in [0.2, 0.25) is 0 Å². The fourth-order valence-electron chi connectivity index (χ4n) is 0. The van der Waals surface area contributed by atoms with Crippen molar-refractivity contribution in [1.82, 2.24) is 0 Å². The SMILES string of the molecule is [O-][Br+2]([O-])[O-].[O-][Cl+2]([O-])[O-]. The van der Waals surface area contributed by atoms with E-state index in [9.17, 15) is 0 Å². The summed E-state index contributed by atoms with van der Waals surface area (Å²) in [6.07, 6.45) is 0. The molecule has 0 rings (SSSR count). The van der Waals surface area contributed by atoms with Crippen LogP contribution in [0.1, 0.15) is 0 Å². The lowest BCUT2D eigenvalue weighted by molar-refractivity contribution is -1.73. The normalized spacial score (nSPS) is 9.00. The van der Waals surface area contributed by atoms with E-state index in [1.165, 1.54) is 0 Å². The monoisotopic (exact) mass is 210 g/mol. The summed E-state index contributed by atoms with van der Waals surface area (Å²) < 4.78 is 50.8. The van der Waals surface area contributed by atoms with Gasteiger partial charge in [-0.3, -0.25) is 0 Å². The zero-order chi connectivity index (χ0) is 7.15. The van der Waals surface area contributed by atoms with Gasteiger partial charge in [0.1, 0.15) is 0 Å². The van der Waals surface area contributed by atoms with Crippen molar-refractivity contribution in [3.05, 3.63) is 0 Å². The average Bonchev–Trinajstić information content (AvgIpc) is 1.25. The molecule has 0 saturated heterocycles. The molecule has 8 heavy (non-hydrogen) atoms. The third-order valence-electron chi connectivity index (χ3n) is 0. The van der Waals surface area contributed by atoms with E-state index in [1.807, 2.05) is 0 Å². The van der Waals surface area contributed by atoms with E-state index in [0.717, 1.165) is 0 Å². The highest BCUT2D eigenvalue weighted by atomic mass is 80.0. The van der Waals surface area contributed by atoms with Crippen LogP contribution in [0.4, 0.5) is 0 Å². The first-order valence-corrected chi connectivity index (χ1v) is 3.79. The Morgan fingerprint density at radius 1 is 0.875 bits per heavy atom. The molecule has 0 bridgehead atoms. The summed E-state index contributed by atoms with van der Waals surface area (Å²) in [7, 11) is -2.85. The molecule has 0 unspecified atom stereocenters. The fraction of sp³-hybridized carbons (Fsp3) is 0. The first-order chi connectivity index (χ1) is 3.46. The highest BCUT2D eigenvalue weighted by Crippen LogP contribution is 1.24. The van der Waals surface area contributed by atoms with Crippen LogP contribution in [-0.4, -0.2) is 0 Å². The van der Waals surface area contributed by atoms with Crippen LogP contribution in [0.25, 0.3) is 0 Å². The lowest BCUT2D eigenvalue weighted by Gasteiger charge is -1.89. The molecular formula is BrClO6-2. The van der Waals surface area contributed by atoms with E-state index in [2.05, 4.69) is 0 Å². The predicted octanol–water partition coefficient (Wildman–Crippen LogP) is -7.13. The summed E-state index contributed by atoms with van der Waals surface area (Å²) in [5.74, 6) is 0. The van der Waals surface area contributed by atoms with Gasteiger partial charge in [0.25, 0.3) is 0 Å². The van der Waals surface area contributed by atoms with Crippen molar-refractivity contribution in [2.24, 2.45) is 0 Å². The van der Waals surface area contributed by atoms with Crippen LogP contribution < -0.4 is 26.6 Å². The van der Waals surface area contributed by atoms with E-state index < -0.39 is 25.6 Å². The van der Waals surface area contributed by atoms with Crippen molar-refractivity contribution in [3.63, 3.8) is 0 Å². The van der Waals surface area contributed by atoms with Gasteiger partial charge >= 0.3 is 0 Å². The van der Waals surface area contributed by atoms with Gasteiger partial charge in [-0.05, 0) is 0 Å². The fourth-order valence-corrected chi connectivity index (χ4v) is 0. The summed E-state index contributed by atoms with van der Waals surface area (Å²) >= 11 is -3.65. The van der Waals surface area contributed by atoms with Gasteiger partial charge in [0.05, 0.1) is 10.8 Å². The summed E-state index contributed by atoms with van der Waals surface area (Å²) in [6.45, 7) is 0. The van der Waals surface area contributed by atoms with Gasteiger partial charge < -0.3 is 26.6 Å². The molecule has 0 aromatic carbocycles. The maximum Gasteiger partial charge on any atom is 0.216 e. The highest BCUT2D eigenvalue weighted by Gasteiger charge is 1.67. The lowest BCUT2D eigenvalue weighted by atomic mass is 15.8. The minimum Gasteiger partial charge on any atom is -0.405 e. The zero-order valence-electron chi connectivity index (χ0n) is 3.21. The maximum atomic E-state index is 8.52. The number of halogens is 2. The Morgan fingerprint density at radius 3 is 0.875 bits per heavy atom. The second-order valence-corrected chi connectivity index (χ2v) is 1.55. The summed E-state index contributed by atoms with van der Waals surface area (Å²) in [5.41, 5.74) is 0. The molecule has 0 N–H and O–H groups in total. The van der Waals surface area contributed by atoms with Crippen LogP contribution in [-0.2, 0) is 0 Å². The molecule has 0 aromatic heterocycles. The Balaban J connectivity index is 0. The van der Waals surface area contributed by atoms with Crippen molar-refractivity contribution in [2.45, 2.75) is 0 Å². The maximum absolute atomic E-state index is 8.52. The molecule has 0 fully saturated rings.